The lowest BCUT2D eigenvalue weighted by Gasteiger charge is -2.22. The SMILES string of the molecule is COC(=O)CN1C(=S)N(CCc2ccccc2)C(=O)[C@@H]1CC(=O)Nc1ccc(OC)cc1. The number of esters is 1. The lowest BCUT2D eigenvalue weighted by molar-refractivity contribution is -0.141. The number of rotatable bonds is 9. The van der Waals surface area contributed by atoms with Gasteiger partial charge in [0.1, 0.15) is 18.3 Å². The number of amides is 2. The number of nitrogens with zero attached hydrogens (tertiary/aromatic N) is 2. The summed E-state index contributed by atoms with van der Waals surface area (Å²) in [6, 6.07) is 15.7. The second-order valence-corrected chi connectivity index (χ2v) is 7.57. The first-order valence-corrected chi connectivity index (χ1v) is 10.5. The summed E-state index contributed by atoms with van der Waals surface area (Å²) in [6.45, 7) is 0.152. The summed E-state index contributed by atoms with van der Waals surface area (Å²) in [4.78, 5) is 40.6. The van der Waals surface area contributed by atoms with E-state index in [0.29, 0.717) is 24.4 Å². The number of hydrogen-bond donors (Lipinski definition) is 1. The summed E-state index contributed by atoms with van der Waals surface area (Å²) in [5.41, 5.74) is 1.63. The number of anilines is 1. The van der Waals surface area contributed by atoms with Crippen molar-refractivity contribution in [2.24, 2.45) is 0 Å². The van der Waals surface area contributed by atoms with Crippen molar-refractivity contribution in [2.45, 2.75) is 18.9 Å². The minimum atomic E-state index is -0.879. The van der Waals surface area contributed by atoms with Gasteiger partial charge in [-0.2, -0.15) is 0 Å². The fourth-order valence-electron chi connectivity index (χ4n) is 3.43. The fourth-order valence-corrected chi connectivity index (χ4v) is 3.80. The highest BCUT2D eigenvalue weighted by Gasteiger charge is 2.44. The molecule has 1 aliphatic rings. The molecule has 0 bridgehead atoms. The van der Waals surface area contributed by atoms with Gasteiger partial charge in [0.2, 0.25) is 5.91 Å². The Morgan fingerprint density at radius 2 is 1.75 bits per heavy atom. The third-order valence-electron chi connectivity index (χ3n) is 5.15. The number of hydrogen-bond acceptors (Lipinski definition) is 6. The minimum Gasteiger partial charge on any atom is -0.497 e. The Kier molecular flexibility index (Phi) is 7.77. The van der Waals surface area contributed by atoms with Crippen molar-refractivity contribution < 1.29 is 23.9 Å². The van der Waals surface area contributed by atoms with Crippen LogP contribution in [0.5, 0.6) is 5.75 Å². The largest absolute Gasteiger partial charge is 0.497 e. The molecule has 2 amide bonds. The van der Waals surface area contributed by atoms with Crippen LogP contribution in [0.1, 0.15) is 12.0 Å². The first-order valence-electron chi connectivity index (χ1n) is 10.1. The molecular weight excluding hydrogens is 430 g/mol. The highest BCUT2D eigenvalue weighted by molar-refractivity contribution is 7.80. The van der Waals surface area contributed by atoms with Gasteiger partial charge in [0.05, 0.1) is 20.6 Å². The number of carbonyl (C=O) groups excluding carboxylic acids is 3. The van der Waals surface area contributed by atoms with Gasteiger partial charge in [0, 0.05) is 12.2 Å². The number of carbonyl (C=O) groups is 3. The zero-order valence-electron chi connectivity index (χ0n) is 17.9. The quantitative estimate of drug-likeness (QED) is 0.458. The maximum atomic E-state index is 13.1. The van der Waals surface area contributed by atoms with E-state index in [0.717, 1.165) is 5.56 Å². The van der Waals surface area contributed by atoms with E-state index >= 15 is 0 Å². The maximum absolute atomic E-state index is 13.1. The molecule has 2 aromatic carbocycles. The molecule has 0 spiro atoms. The van der Waals surface area contributed by atoms with E-state index in [1.807, 2.05) is 30.3 Å². The van der Waals surface area contributed by atoms with Crippen LogP contribution in [0.15, 0.2) is 54.6 Å². The van der Waals surface area contributed by atoms with Crippen molar-refractivity contribution >= 4 is 40.8 Å². The van der Waals surface area contributed by atoms with Gasteiger partial charge in [-0.1, -0.05) is 30.3 Å². The predicted molar refractivity (Wildman–Crippen MR) is 123 cm³/mol. The molecule has 1 fully saturated rings. The molecule has 3 rings (SSSR count). The fraction of sp³-hybridized carbons (Fsp3) is 0.304. The summed E-state index contributed by atoms with van der Waals surface area (Å²) >= 11 is 5.49. The molecule has 0 radical (unpaired) electrons. The lowest BCUT2D eigenvalue weighted by Crippen LogP contribution is -2.41. The average Bonchev–Trinajstić information content (AvgIpc) is 3.02. The van der Waals surface area contributed by atoms with E-state index in [1.54, 1.807) is 31.4 Å². The first-order chi connectivity index (χ1) is 15.4. The minimum absolute atomic E-state index is 0.149. The number of benzene rings is 2. The molecule has 1 aliphatic heterocycles. The van der Waals surface area contributed by atoms with Gasteiger partial charge in [0.25, 0.3) is 5.91 Å². The van der Waals surface area contributed by atoms with Crippen LogP contribution < -0.4 is 10.1 Å². The maximum Gasteiger partial charge on any atom is 0.325 e. The standard InChI is InChI=1S/C23H25N3O5S/c1-30-18-10-8-17(9-11-18)24-20(27)14-19-22(29)25(13-12-16-6-4-3-5-7-16)23(32)26(19)15-21(28)31-2/h3-11,19H,12-15H2,1-2H3,(H,24,27)/t19-/m0/s1. The van der Waals surface area contributed by atoms with Crippen LogP contribution >= 0.6 is 12.2 Å². The molecule has 0 aliphatic carbocycles. The van der Waals surface area contributed by atoms with Crippen molar-refractivity contribution in [3.05, 3.63) is 60.2 Å². The topological polar surface area (TPSA) is 88.2 Å². The Bertz CT molecular complexity index is 981. The molecular formula is C23H25N3O5S. The highest BCUT2D eigenvalue weighted by atomic mass is 32.1. The van der Waals surface area contributed by atoms with E-state index in [9.17, 15) is 14.4 Å². The Labute approximate surface area is 192 Å². The van der Waals surface area contributed by atoms with Crippen LogP contribution in [0.4, 0.5) is 5.69 Å². The second-order valence-electron chi connectivity index (χ2n) is 7.21. The van der Waals surface area contributed by atoms with E-state index < -0.39 is 12.0 Å². The normalized spacial score (nSPS) is 15.6. The molecule has 1 atom stereocenters. The Morgan fingerprint density at radius 3 is 2.38 bits per heavy atom. The van der Waals surface area contributed by atoms with Crippen LogP contribution in [0, 0.1) is 0 Å². The molecule has 1 heterocycles. The molecule has 32 heavy (non-hydrogen) atoms. The van der Waals surface area contributed by atoms with E-state index in [1.165, 1.54) is 16.9 Å². The molecule has 1 saturated heterocycles. The molecule has 1 N–H and O–H groups in total. The average molecular weight is 456 g/mol. The van der Waals surface area contributed by atoms with Gasteiger partial charge in [0.15, 0.2) is 5.11 Å². The number of methoxy groups -OCH3 is 2. The monoisotopic (exact) mass is 455 g/mol. The van der Waals surface area contributed by atoms with Crippen molar-refractivity contribution in [2.75, 3.05) is 32.6 Å². The van der Waals surface area contributed by atoms with E-state index in [4.69, 9.17) is 21.7 Å². The van der Waals surface area contributed by atoms with Crippen LogP contribution in [0.25, 0.3) is 0 Å². The molecule has 168 valence electrons. The smallest absolute Gasteiger partial charge is 0.325 e. The molecule has 0 aromatic heterocycles. The Morgan fingerprint density at radius 1 is 1.06 bits per heavy atom. The van der Waals surface area contributed by atoms with Gasteiger partial charge in [-0.25, -0.2) is 0 Å². The summed E-state index contributed by atoms with van der Waals surface area (Å²) in [5.74, 6) is -0.543. The molecule has 0 unspecified atom stereocenters. The van der Waals surface area contributed by atoms with Crippen LogP contribution in [-0.2, 0) is 25.5 Å². The molecule has 8 nitrogen and oxygen atoms in total. The van der Waals surface area contributed by atoms with Crippen LogP contribution in [0.2, 0.25) is 0 Å². The third kappa shape index (κ3) is 5.61. The molecule has 2 aromatic rings. The van der Waals surface area contributed by atoms with Gasteiger partial charge >= 0.3 is 5.97 Å². The van der Waals surface area contributed by atoms with E-state index in [-0.39, 0.29) is 29.9 Å². The van der Waals surface area contributed by atoms with Gasteiger partial charge in [-0.05, 0) is 48.5 Å². The summed E-state index contributed by atoms with van der Waals surface area (Å²) in [7, 11) is 2.82. The zero-order valence-corrected chi connectivity index (χ0v) is 18.8. The number of nitrogens with one attached hydrogen (secondary N) is 1. The summed E-state index contributed by atoms with van der Waals surface area (Å²) in [5, 5.41) is 2.99. The predicted octanol–water partition coefficient (Wildman–Crippen LogP) is 2.24. The molecule has 0 saturated carbocycles. The second kappa shape index (κ2) is 10.7. The van der Waals surface area contributed by atoms with Crippen molar-refractivity contribution in [1.82, 2.24) is 9.80 Å². The Balaban J connectivity index is 1.71. The van der Waals surface area contributed by atoms with Gasteiger partial charge < -0.3 is 19.7 Å². The van der Waals surface area contributed by atoms with Crippen LogP contribution in [-0.4, -0.2) is 66.0 Å². The zero-order chi connectivity index (χ0) is 23.1. The highest BCUT2D eigenvalue weighted by Crippen LogP contribution is 2.23. The van der Waals surface area contributed by atoms with Crippen molar-refractivity contribution in [1.29, 1.82) is 0 Å². The summed E-state index contributed by atoms with van der Waals surface area (Å²) < 4.78 is 9.86. The van der Waals surface area contributed by atoms with Gasteiger partial charge in [-0.15, -0.1) is 0 Å². The van der Waals surface area contributed by atoms with Crippen molar-refractivity contribution in [3.8, 4) is 5.75 Å². The number of ether oxygens (including phenoxy) is 2. The summed E-state index contributed by atoms with van der Waals surface area (Å²) in [6.07, 6.45) is 0.452. The van der Waals surface area contributed by atoms with Crippen molar-refractivity contribution in [3.63, 3.8) is 0 Å². The number of thiocarbonyl (C=S) groups is 1. The molecule has 9 heteroatoms. The Hall–Kier alpha value is -3.46. The lowest BCUT2D eigenvalue weighted by atomic mass is 10.1. The van der Waals surface area contributed by atoms with E-state index in [2.05, 4.69) is 5.32 Å². The first kappa shape index (κ1) is 23.2. The third-order valence-corrected chi connectivity index (χ3v) is 5.61. The van der Waals surface area contributed by atoms with Gasteiger partial charge in [-0.3, -0.25) is 19.3 Å². The van der Waals surface area contributed by atoms with Crippen LogP contribution in [0.3, 0.4) is 0 Å².